The van der Waals surface area contributed by atoms with Crippen molar-refractivity contribution in [2.75, 3.05) is 19.7 Å². The fraction of sp³-hybridized carbons (Fsp3) is 0.529. The average Bonchev–Trinajstić information content (AvgIpc) is 3.06. The zero-order chi connectivity index (χ0) is 15.6. The Kier molecular flexibility index (Phi) is 4.01. The van der Waals surface area contributed by atoms with Crippen LogP contribution in [0, 0.1) is 0 Å². The monoisotopic (exact) mass is 314 g/mol. The van der Waals surface area contributed by atoms with Gasteiger partial charge in [0, 0.05) is 25.2 Å². The lowest BCUT2D eigenvalue weighted by Crippen LogP contribution is -2.47. The number of benzene rings is 1. The largest absolute Gasteiger partial charge is 0.494 e. The third-order valence-electron chi connectivity index (χ3n) is 4.68. The molecule has 2 aliphatic heterocycles. The summed E-state index contributed by atoms with van der Waals surface area (Å²) in [6, 6.07) is 8.55. The SMILES string of the molecule is CCOc1ccccc1CN1CC[C@@H]2OCc3cnnn3[C@@H]2C1. The minimum Gasteiger partial charge on any atom is -0.494 e. The molecule has 6 nitrogen and oxygen atoms in total. The van der Waals surface area contributed by atoms with Crippen molar-refractivity contribution in [1.82, 2.24) is 19.9 Å². The van der Waals surface area contributed by atoms with Gasteiger partial charge in [-0.1, -0.05) is 23.4 Å². The summed E-state index contributed by atoms with van der Waals surface area (Å²) < 4.78 is 13.8. The van der Waals surface area contributed by atoms with E-state index in [1.807, 2.05) is 19.1 Å². The van der Waals surface area contributed by atoms with Gasteiger partial charge < -0.3 is 9.47 Å². The van der Waals surface area contributed by atoms with Gasteiger partial charge in [-0.15, -0.1) is 5.10 Å². The van der Waals surface area contributed by atoms with Crippen LogP contribution in [0.5, 0.6) is 5.75 Å². The second kappa shape index (κ2) is 6.29. The third kappa shape index (κ3) is 2.84. The Morgan fingerprint density at radius 2 is 2.26 bits per heavy atom. The number of piperidine rings is 1. The van der Waals surface area contributed by atoms with Gasteiger partial charge in [0.15, 0.2) is 0 Å². The lowest BCUT2D eigenvalue weighted by Gasteiger charge is -2.41. The first-order chi connectivity index (χ1) is 11.3. The van der Waals surface area contributed by atoms with Crippen LogP contribution >= 0.6 is 0 Å². The lowest BCUT2D eigenvalue weighted by molar-refractivity contribution is -0.0670. The molecule has 1 fully saturated rings. The van der Waals surface area contributed by atoms with E-state index < -0.39 is 0 Å². The molecule has 23 heavy (non-hydrogen) atoms. The fourth-order valence-electron chi connectivity index (χ4n) is 3.56. The van der Waals surface area contributed by atoms with E-state index in [2.05, 4.69) is 32.0 Å². The van der Waals surface area contributed by atoms with Gasteiger partial charge in [0.25, 0.3) is 0 Å². The maximum absolute atomic E-state index is 5.98. The normalized spacial score (nSPS) is 24.0. The summed E-state index contributed by atoms with van der Waals surface area (Å²) in [6.07, 6.45) is 3.09. The number of hydrogen-bond acceptors (Lipinski definition) is 5. The number of ether oxygens (including phenoxy) is 2. The molecule has 0 bridgehead atoms. The zero-order valence-corrected chi connectivity index (χ0v) is 13.4. The van der Waals surface area contributed by atoms with Crippen molar-refractivity contribution >= 4 is 0 Å². The summed E-state index contributed by atoms with van der Waals surface area (Å²) in [5.41, 5.74) is 2.31. The molecule has 6 heteroatoms. The van der Waals surface area contributed by atoms with Crippen molar-refractivity contribution in [2.24, 2.45) is 0 Å². The Hall–Kier alpha value is -1.92. The Morgan fingerprint density at radius 1 is 1.35 bits per heavy atom. The first kappa shape index (κ1) is 14.7. The Labute approximate surface area is 136 Å². The highest BCUT2D eigenvalue weighted by Gasteiger charge is 2.36. The van der Waals surface area contributed by atoms with E-state index in [9.17, 15) is 0 Å². The number of rotatable bonds is 4. The van der Waals surface area contributed by atoms with Crippen LogP contribution in [0.3, 0.4) is 0 Å². The number of fused-ring (bicyclic) bond motifs is 3. The Balaban J connectivity index is 1.50. The van der Waals surface area contributed by atoms with Gasteiger partial charge in [-0.3, -0.25) is 4.90 Å². The molecule has 2 aliphatic rings. The van der Waals surface area contributed by atoms with E-state index in [0.29, 0.717) is 13.2 Å². The van der Waals surface area contributed by atoms with Crippen molar-refractivity contribution in [2.45, 2.75) is 38.6 Å². The van der Waals surface area contributed by atoms with E-state index in [0.717, 1.165) is 37.5 Å². The predicted octanol–water partition coefficient (Wildman–Crippen LogP) is 2.02. The molecule has 2 atom stereocenters. The van der Waals surface area contributed by atoms with Crippen molar-refractivity contribution in [1.29, 1.82) is 0 Å². The lowest BCUT2D eigenvalue weighted by atomic mass is 9.99. The minimum atomic E-state index is 0.252. The molecular weight excluding hydrogens is 292 g/mol. The topological polar surface area (TPSA) is 52.4 Å². The fourth-order valence-corrected chi connectivity index (χ4v) is 3.56. The van der Waals surface area contributed by atoms with E-state index in [4.69, 9.17) is 9.47 Å². The highest BCUT2D eigenvalue weighted by atomic mass is 16.5. The first-order valence-electron chi connectivity index (χ1n) is 8.29. The van der Waals surface area contributed by atoms with Gasteiger partial charge in [0.1, 0.15) is 5.75 Å². The third-order valence-corrected chi connectivity index (χ3v) is 4.68. The summed E-state index contributed by atoms with van der Waals surface area (Å²) >= 11 is 0. The average molecular weight is 314 g/mol. The summed E-state index contributed by atoms with van der Waals surface area (Å²) in [4.78, 5) is 2.46. The smallest absolute Gasteiger partial charge is 0.123 e. The van der Waals surface area contributed by atoms with Crippen molar-refractivity contribution in [3.63, 3.8) is 0 Å². The highest BCUT2D eigenvalue weighted by Crippen LogP contribution is 2.31. The van der Waals surface area contributed by atoms with Crippen LogP contribution in [0.15, 0.2) is 30.5 Å². The number of hydrogen-bond donors (Lipinski definition) is 0. The molecule has 122 valence electrons. The summed E-state index contributed by atoms with van der Waals surface area (Å²) in [6.45, 7) is 6.20. The summed E-state index contributed by atoms with van der Waals surface area (Å²) in [5, 5.41) is 8.30. The molecular formula is C17H22N4O2. The predicted molar refractivity (Wildman–Crippen MR) is 85.1 cm³/mol. The van der Waals surface area contributed by atoms with Gasteiger partial charge >= 0.3 is 0 Å². The second-order valence-electron chi connectivity index (χ2n) is 6.15. The van der Waals surface area contributed by atoms with E-state index in [1.54, 1.807) is 6.20 Å². The van der Waals surface area contributed by atoms with E-state index in [1.165, 1.54) is 5.56 Å². The summed E-state index contributed by atoms with van der Waals surface area (Å²) in [7, 11) is 0. The standard InChI is InChI=1S/C17H22N4O2/c1-2-22-16-6-4-3-5-13(16)10-20-8-7-17-15(11-20)21-14(12-23-17)9-18-19-21/h3-6,9,15,17H,2,7-8,10-12H2,1H3/t15-,17+/m1/s1. The molecule has 0 unspecified atom stereocenters. The quantitative estimate of drug-likeness (QED) is 0.864. The number of nitrogens with zero attached hydrogens (tertiary/aromatic N) is 4. The van der Waals surface area contributed by atoms with Crippen LogP contribution in [-0.4, -0.2) is 45.7 Å². The van der Waals surface area contributed by atoms with Crippen molar-refractivity contribution in [3.05, 3.63) is 41.7 Å². The highest BCUT2D eigenvalue weighted by molar-refractivity contribution is 5.33. The van der Waals surface area contributed by atoms with Gasteiger partial charge in [-0.25, -0.2) is 4.68 Å². The maximum Gasteiger partial charge on any atom is 0.123 e. The minimum absolute atomic E-state index is 0.252. The molecule has 0 N–H and O–H groups in total. The van der Waals surface area contributed by atoms with Crippen LogP contribution < -0.4 is 4.74 Å². The van der Waals surface area contributed by atoms with Gasteiger partial charge in [-0.2, -0.15) is 0 Å². The van der Waals surface area contributed by atoms with Gasteiger partial charge in [0.2, 0.25) is 0 Å². The Bertz CT molecular complexity index is 672. The first-order valence-corrected chi connectivity index (χ1v) is 8.29. The van der Waals surface area contributed by atoms with E-state index in [-0.39, 0.29) is 12.1 Å². The molecule has 0 spiro atoms. The molecule has 0 saturated carbocycles. The van der Waals surface area contributed by atoms with Crippen LogP contribution in [0.1, 0.15) is 30.6 Å². The van der Waals surface area contributed by atoms with Crippen LogP contribution in [-0.2, 0) is 17.9 Å². The molecule has 2 aromatic rings. The van der Waals surface area contributed by atoms with Gasteiger partial charge in [-0.05, 0) is 19.4 Å². The molecule has 4 rings (SSSR count). The molecule has 0 radical (unpaired) electrons. The zero-order valence-electron chi connectivity index (χ0n) is 13.4. The molecule has 1 aromatic carbocycles. The van der Waals surface area contributed by atoms with Crippen molar-refractivity contribution in [3.8, 4) is 5.75 Å². The number of likely N-dealkylation sites (tertiary alicyclic amines) is 1. The van der Waals surface area contributed by atoms with Crippen molar-refractivity contribution < 1.29 is 9.47 Å². The summed E-state index contributed by atoms with van der Waals surface area (Å²) in [5.74, 6) is 0.985. The van der Waals surface area contributed by atoms with Crippen LogP contribution in [0.2, 0.25) is 0 Å². The second-order valence-corrected chi connectivity index (χ2v) is 6.15. The maximum atomic E-state index is 5.98. The molecule has 1 aromatic heterocycles. The Morgan fingerprint density at radius 3 is 3.17 bits per heavy atom. The molecule has 3 heterocycles. The molecule has 0 amide bonds. The van der Waals surface area contributed by atoms with Crippen LogP contribution in [0.4, 0.5) is 0 Å². The van der Waals surface area contributed by atoms with Crippen LogP contribution in [0.25, 0.3) is 0 Å². The van der Waals surface area contributed by atoms with Gasteiger partial charge in [0.05, 0.1) is 37.3 Å². The van der Waals surface area contributed by atoms with E-state index >= 15 is 0 Å². The molecule has 1 saturated heterocycles. The molecule has 0 aliphatic carbocycles. The number of para-hydroxylation sites is 1. The number of aromatic nitrogens is 3.